The third kappa shape index (κ3) is 6.01. The maximum atomic E-state index is 6.63. The van der Waals surface area contributed by atoms with Crippen LogP contribution < -0.4 is 4.90 Å². The van der Waals surface area contributed by atoms with Crippen molar-refractivity contribution in [3.8, 4) is 39.1 Å². The number of para-hydroxylation sites is 3. The van der Waals surface area contributed by atoms with Gasteiger partial charge in [-0.3, -0.25) is 0 Å². The highest BCUT2D eigenvalue weighted by Crippen LogP contribution is 2.44. The second-order valence-electron chi connectivity index (χ2n) is 17.6. The number of anilines is 3. The first-order chi connectivity index (χ1) is 33.7. The van der Waals surface area contributed by atoms with Crippen LogP contribution in [0.25, 0.3) is 116 Å². The van der Waals surface area contributed by atoms with Gasteiger partial charge < -0.3 is 18.3 Å². The molecule has 0 saturated carbocycles. The number of hydrogen-bond donors (Lipinski definition) is 0. The molecule has 4 nitrogen and oxygen atoms in total. The zero-order valence-corrected chi connectivity index (χ0v) is 36.8. The normalized spacial score (nSPS) is 11.8. The lowest BCUT2D eigenvalue weighted by molar-refractivity contribution is 0.669. The summed E-state index contributed by atoms with van der Waals surface area (Å²) in [4.78, 5) is 2.36. The molecular weight excluding hydrogens is 829 g/mol. The maximum absolute atomic E-state index is 6.63. The van der Waals surface area contributed by atoms with E-state index in [0.29, 0.717) is 0 Å². The SMILES string of the molecule is c1cc(-c2cccc3oc4c5ccccc5ccc4c23)cc(N(c2ccc(-c3cccc(-n4c5ccccc5c5ccccc54)c3)cc2)c2ccc(-c3cccc4oc5ccccc5c34)cc2)c1. The second kappa shape index (κ2) is 15.2. The molecule has 0 spiro atoms. The van der Waals surface area contributed by atoms with Crippen molar-refractivity contribution in [3.05, 3.63) is 243 Å². The lowest BCUT2D eigenvalue weighted by atomic mass is 9.97. The average molecular weight is 869 g/mol. The monoisotopic (exact) mass is 868 g/mol. The van der Waals surface area contributed by atoms with E-state index in [0.717, 1.165) is 105 Å². The van der Waals surface area contributed by atoms with Crippen LogP contribution in [-0.2, 0) is 0 Å². The van der Waals surface area contributed by atoms with Gasteiger partial charge in [0, 0.05) is 60.5 Å². The summed E-state index contributed by atoms with van der Waals surface area (Å²) < 4.78 is 15.3. The molecule has 0 bridgehead atoms. The fourth-order valence-electron chi connectivity index (χ4n) is 10.7. The number of benzene rings is 11. The number of hydrogen-bond acceptors (Lipinski definition) is 3. The molecule has 0 aliphatic rings. The fraction of sp³-hybridized carbons (Fsp3) is 0. The molecule has 0 saturated heterocycles. The first kappa shape index (κ1) is 38.2. The Morgan fingerprint density at radius 2 is 0.868 bits per heavy atom. The lowest BCUT2D eigenvalue weighted by Gasteiger charge is -2.26. The molecule has 0 aliphatic carbocycles. The Bertz CT molecular complexity index is 4210. The molecule has 3 aromatic heterocycles. The smallest absolute Gasteiger partial charge is 0.143 e. The number of nitrogens with zero attached hydrogens (tertiary/aromatic N) is 2. The minimum atomic E-state index is 0.880. The van der Waals surface area contributed by atoms with Crippen molar-refractivity contribution in [2.24, 2.45) is 0 Å². The third-order valence-corrected chi connectivity index (χ3v) is 13.8. The standard InChI is InChI=1S/C64H40N2O2/c1-2-18-52-42(13-1)33-38-56-63-51(23-12-28-61(63)68-64(52)56)45-15-10-16-48(40-45)65(47-36-31-43(32-37-47)50-22-11-27-60-62(50)55-21-5-8-26-59(55)67-60)46-34-29-41(30-35-46)44-14-9-17-49(39-44)66-57-24-6-3-19-53(57)54-20-4-7-25-58(54)66/h1-40H. The molecule has 14 aromatic rings. The van der Waals surface area contributed by atoms with Crippen LogP contribution in [0.5, 0.6) is 0 Å². The molecule has 11 aromatic carbocycles. The Morgan fingerprint density at radius 3 is 1.62 bits per heavy atom. The van der Waals surface area contributed by atoms with E-state index < -0.39 is 0 Å². The molecule has 0 atom stereocenters. The summed E-state index contributed by atoms with van der Waals surface area (Å²) in [7, 11) is 0. The summed E-state index contributed by atoms with van der Waals surface area (Å²) in [5.41, 5.74) is 17.1. The molecule has 3 heterocycles. The van der Waals surface area contributed by atoms with Crippen molar-refractivity contribution < 1.29 is 8.83 Å². The van der Waals surface area contributed by atoms with Gasteiger partial charge in [-0.2, -0.15) is 0 Å². The molecule has 0 unspecified atom stereocenters. The Kier molecular flexibility index (Phi) is 8.55. The van der Waals surface area contributed by atoms with E-state index in [4.69, 9.17) is 8.83 Å². The van der Waals surface area contributed by atoms with Gasteiger partial charge in [0.05, 0.1) is 11.0 Å². The fourth-order valence-corrected chi connectivity index (χ4v) is 10.7. The maximum Gasteiger partial charge on any atom is 0.143 e. The predicted molar refractivity (Wildman–Crippen MR) is 284 cm³/mol. The molecule has 318 valence electrons. The number of fused-ring (bicyclic) bond motifs is 11. The minimum absolute atomic E-state index is 0.880. The largest absolute Gasteiger partial charge is 0.456 e. The molecule has 0 radical (unpaired) electrons. The highest BCUT2D eigenvalue weighted by atomic mass is 16.3. The Labute approximate surface area is 391 Å². The van der Waals surface area contributed by atoms with Gasteiger partial charge >= 0.3 is 0 Å². The van der Waals surface area contributed by atoms with Crippen LogP contribution in [0.15, 0.2) is 251 Å². The number of aromatic nitrogens is 1. The van der Waals surface area contributed by atoms with Crippen molar-refractivity contribution >= 4 is 93.5 Å². The van der Waals surface area contributed by atoms with Crippen LogP contribution >= 0.6 is 0 Å². The van der Waals surface area contributed by atoms with E-state index in [9.17, 15) is 0 Å². The molecule has 0 fully saturated rings. The van der Waals surface area contributed by atoms with Crippen molar-refractivity contribution in [3.63, 3.8) is 0 Å². The molecule has 0 amide bonds. The third-order valence-electron chi connectivity index (χ3n) is 13.8. The van der Waals surface area contributed by atoms with Gasteiger partial charge in [0.15, 0.2) is 0 Å². The summed E-state index contributed by atoms with van der Waals surface area (Å²) in [5.74, 6) is 0. The van der Waals surface area contributed by atoms with E-state index >= 15 is 0 Å². The van der Waals surface area contributed by atoms with E-state index in [1.807, 2.05) is 12.1 Å². The highest BCUT2D eigenvalue weighted by molar-refractivity contribution is 6.19. The summed E-state index contributed by atoms with van der Waals surface area (Å²) in [6.45, 7) is 0. The first-order valence-electron chi connectivity index (χ1n) is 23.2. The Hall–Kier alpha value is -9.12. The van der Waals surface area contributed by atoms with Gasteiger partial charge in [-0.1, -0.05) is 158 Å². The van der Waals surface area contributed by atoms with Crippen molar-refractivity contribution in [1.82, 2.24) is 4.57 Å². The first-order valence-corrected chi connectivity index (χ1v) is 23.2. The topological polar surface area (TPSA) is 34.5 Å². The molecular formula is C64H40N2O2. The van der Waals surface area contributed by atoms with Crippen LogP contribution in [0.2, 0.25) is 0 Å². The number of rotatable bonds is 7. The average Bonchev–Trinajstić information content (AvgIpc) is 4.10. The van der Waals surface area contributed by atoms with E-state index in [1.54, 1.807) is 0 Å². The molecule has 14 rings (SSSR count). The van der Waals surface area contributed by atoms with E-state index in [2.05, 4.69) is 240 Å². The molecule has 0 aliphatic heterocycles. The van der Waals surface area contributed by atoms with Crippen molar-refractivity contribution in [2.45, 2.75) is 0 Å². The zero-order valence-electron chi connectivity index (χ0n) is 36.8. The molecule has 0 N–H and O–H groups in total. The molecule has 4 heteroatoms. The summed E-state index contributed by atoms with van der Waals surface area (Å²) >= 11 is 0. The van der Waals surface area contributed by atoms with E-state index in [1.165, 1.54) is 27.2 Å². The molecule has 68 heavy (non-hydrogen) atoms. The second-order valence-corrected chi connectivity index (χ2v) is 17.6. The zero-order chi connectivity index (χ0) is 44.7. The Balaban J connectivity index is 0.891. The van der Waals surface area contributed by atoms with Crippen LogP contribution in [0, 0.1) is 0 Å². The van der Waals surface area contributed by atoms with Crippen LogP contribution in [0.1, 0.15) is 0 Å². The summed E-state index contributed by atoms with van der Waals surface area (Å²) in [6.07, 6.45) is 0. The summed E-state index contributed by atoms with van der Waals surface area (Å²) in [6, 6.07) is 87.0. The summed E-state index contributed by atoms with van der Waals surface area (Å²) in [5, 5.41) is 9.29. The van der Waals surface area contributed by atoms with Gasteiger partial charge in [-0.25, -0.2) is 0 Å². The predicted octanol–water partition coefficient (Wildman–Crippen LogP) is 18.2. The van der Waals surface area contributed by atoms with Crippen LogP contribution in [0.4, 0.5) is 17.1 Å². The van der Waals surface area contributed by atoms with Crippen LogP contribution in [-0.4, -0.2) is 4.57 Å². The Morgan fingerprint density at radius 1 is 0.309 bits per heavy atom. The highest BCUT2D eigenvalue weighted by Gasteiger charge is 2.20. The minimum Gasteiger partial charge on any atom is -0.456 e. The van der Waals surface area contributed by atoms with E-state index in [-0.39, 0.29) is 0 Å². The van der Waals surface area contributed by atoms with Crippen LogP contribution in [0.3, 0.4) is 0 Å². The van der Waals surface area contributed by atoms with Crippen molar-refractivity contribution in [1.29, 1.82) is 0 Å². The van der Waals surface area contributed by atoms with Gasteiger partial charge in [-0.15, -0.1) is 0 Å². The van der Waals surface area contributed by atoms with Gasteiger partial charge in [0.2, 0.25) is 0 Å². The quantitative estimate of drug-likeness (QED) is 0.160. The van der Waals surface area contributed by atoms with Gasteiger partial charge in [-0.05, 0) is 124 Å². The van der Waals surface area contributed by atoms with Gasteiger partial charge in [0.1, 0.15) is 22.3 Å². The lowest BCUT2D eigenvalue weighted by Crippen LogP contribution is -2.10. The number of furan rings is 2. The van der Waals surface area contributed by atoms with Gasteiger partial charge in [0.25, 0.3) is 0 Å². The van der Waals surface area contributed by atoms with Crippen molar-refractivity contribution in [2.75, 3.05) is 4.90 Å².